The number of rotatable bonds is 2. The van der Waals surface area contributed by atoms with Crippen LogP contribution in [-0.4, -0.2) is 16.5 Å². The fourth-order valence-electron chi connectivity index (χ4n) is 1.57. The molecule has 2 aromatic heterocycles. The maximum Gasteiger partial charge on any atom is 0.159 e. The highest BCUT2D eigenvalue weighted by Gasteiger charge is 2.15. The second-order valence-corrected chi connectivity index (χ2v) is 3.70. The van der Waals surface area contributed by atoms with Crippen LogP contribution in [0.15, 0.2) is 18.3 Å². The zero-order chi connectivity index (χ0) is 11.0. The monoisotopic (exact) mass is 225 g/mol. The van der Waals surface area contributed by atoms with Crippen molar-refractivity contribution in [3.05, 3.63) is 29.3 Å². The number of hydrogen-bond acceptors (Lipinski definition) is 3. The molecule has 1 atom stereocenters. The zero-order valence-corrected chi connectivity index (χ0v) is 9.32. The molecule has 0 aromatic carbocycles. The van der Waals surface area contributed by atoms with Crippen molar-refractivity contribution < 1.29 is 4.74 Å². The first kappa shape index (κ1) is 10.3. The van der Waals surface area contributed by atoms with Crippen molar-refractivity contribution in [1.82, 2.24) is 9.38 Å². The maximum atomic E-state index is 6.04. The van der Waals surface area contributed by atoms with Gasteiger partial charge in [0.2, 0.25) is 0 Å². The van der Waals surface area contributed by atoms with Gasteiger partial charge in [-0.3, -0.25) is 4.40 Å². The lowest BCUT2D eigenvalue weighted by Crippen LogP contribution is -2.09. The molecule has 2 aromatic rings. The van der Waals surface area contributed by atoms with Gasteiger partial charge >= 0.3 is 0 Å². The maximum absolute atomic E-state index is 6.04. The minimum absolute atomic E-state index is 0.169. The number of halogens is 1. The lowest BCUT2D eigenvalue weighted by molar-refractivity contribution is 0.418. The van der Waals surface area contributed by atoms with Crippen LogP contribution < -0.4 is 10.5 Å². The molecule has 0 amide bonds. The number of aromatic nitrogens is 2. The van der Waals surface area contributed by atoms with E-state index in [1.54, 1.807) is 7.11 Å². The number of ether oxygens (including phenoxy) is 1. The SMILES string of the molecule is COc1cccn2c(C(C)N)nc(Cl)c12. The van der Waals surface area contributed by atoms with E-state index in [9.17, 15) is 0 Å². The van der Waals surface area contributed by atoms with E-state index in [2.05, 4.69) is 4.98 Å². The molecule has 1 unspecified atom stereocenters. The smallest absolute Gasteiger partial charge is 0.159 e. The van der Waals surface area contributed by atoms with Gasteiger partial charge in [-0.15, -0.1) is 0 Å². The standard InChI is InChI=1S/C10H12ClN3O/c1-6(12)10-13-9(11)8-7(15-2)4-3-5-14(8)10/h3-6H,12H2,1-2H3. The molecule has 0 radical (unpaired) electrons. The summed E-state index contributed by atoms with van der Waals surface area (Å²) in [5.74, 6) is 1.43. The lowest BCUT2D eigenvalue weighted by atomic mass is 10.3. The van der Waals surface area contributed by atoms with Crippen LogP contribution in [0.5, 0.6) is 5.75 Å². The van der Waals surface area contributed by atoms with Gasteiger partial charge in [0.1, 0.15) is 17.1 Å². The molecule has 0 saturated heterocycles. The van der Waals surface area contributed by atoms with Gasteiger partial charge in [-0.2, -0.15) is 0 Å². The summed E-state index contributed by atoms with van der Waals surface area (Å²) < 4.78 is 7.07. The van der Waals surface area contributed by atoms with E-state index in [0.717, 1.165) is 11.3 Å². The van der Waals surface area contributed by atoms with Crippen LogP contribution >= 0.6 is 11.6 Å². The van der Waals surface area contributed by atoms with E-state index < -0.39 is 0 Å². The molecule has 0 spiro atoms. The van der Waals surface area contributed by atoms with Crippen LogP contribution in [0.2, 0.25) is 5.15 Å². The molecule has 0 aliphatic carbocycles. The van der Waals surface area contributed by atoms with Gasteiger partial charge in [-0.25, -0.2) is 4.98 Å². The Morgan fingerprint density at radius 1 is 1.60 bits per heavy atom. The average molecular weight is 226 g/mol. The normalized spacial score (nSPS) is 13.1. The first-order valence-corrected chi connectivity index (χ1v) is 4.99. The van der Waals surface area contributed by atoms with Crippen molar-refractivity contribution in [2.45, 2.75) is 13.0 Å². The second-order valence-electron chi connectivity index (χ2n) is 3.34. The van der Waals surface area contributed by atoms with E-state index in [1.165, 1.54) is 0 Å². The molecule has 0 saturated carbocycles. The fraction of sp³-hybridized carbons (Fsp3) is 0.300. The minimum Gasteiger partial charge on any atom is -0.494 e. The van der Waals surface area contributed by atoms with Crippen molar-refractivity contribution in [2.24, 2.45) is 5.73 Å². The summed E-state index contributed by atoms with van der Waals surface area (Å²) in [5, 5.41) is 0.416. The van der Waals surface area contributed by atoms with Gasteiger partial charge in [-0.1, -0.05) is 11.6 Å². The molecule has 0 aliphatic rings. The summed E-state index contributed by atoms with van der Waals surface area (Å²) in [6, 6.07) is 3.54. The number of methoxy groups -OCH3 is 1. The van der Waals surface area contributed by atoms with Gasteiger partial charge in [0.05, 0.1) is 13.2 Å². The molecule has 0 fully saturated rings. The Balaban J connectivity index is 2.79. The van der Waals surface area contributed by atoms with Crippen LogP contribution in [0.1, 0.15) is 18.8 Å². The summed E-state index contributed by atoms with van der Waals surface area (Å²) in [5.41, 5.74) is 6.56. The summed E-state index contributed by atoms with van der Waals surface area (Å²) >= 11 is 6.04. The van der Waals surface area contributed by atoms with Crippen LogP contribution in [-0.2, 0) is 0 Å². The first-order valence-electron chi connectivity index (χ1n) is 4.61. The Labute approximate surface area is 92.6 Å². The van der Waals surface area contributed by atoms with Crippen molar-refractivity contribution in [3.8, 4) is 5.75 Å². The van der Waals surface area contributed by atoms with Gasteiger partial charge < -0.3 is 10.5 Å². The molecule has 2 N–H and O–H groups in total. The Hall–Kier alpha value is -1.26. The second kappa shape index (κ2) is 3.72. The average Bonchev–Trinajstić information content (AvgIpc) is 2.56. The highest BCUT2D eigenvalue weighted by atomic mass is 35.5. The summed E-state index contributed by atoms with van der Waals surface area (Å²) in [6.45, 7) is 1.87. The molecule has 2 heterocycles. The van der Waals surface area contributed by atoms with Crippen LogP contribution in [0, 0.1) is 0 Å². The number of nitrogens with zero attached hydrogens (tertiary/aromatic N) is 2. The molecule has 4 nitrogen and oxygen atoms in total. The van der Waals surface area contributed by atoms with E-state index in [4.69, 9.17) is 22.1 Å². The van der Waals surface area contributed by atoms with E-state index >= 15 is 0 Å². The van der Waals surface area contributed by atoms with Gasteiger partial charge in [0, 0.05) is 6.20 Å². The highest BCUT2D eigenvalue weighted by molar-refractivity contribution is 6.33. The molecular weight excluding hydrogens is 214 g/mol. The van der Waals surface area contributed by atoms with Gasteiger partial charge in [-0.05, 0) is 19.1 Å². The van der Waals surface area contributed by atoms with E-state index in [0.29, 0.717) is 10.9 Å². The molecule has 15 heavy (non-hydrogen) atoms. The summed E-state index contributed by atoms with van der Waals surface area (Å²) in [7, 11) is 1.60. The van der Waals surface area contributed by atoms with E-state index in [1.807, 2.05) is 29.7 Å². The Morgan fingerprint density at radius 3 is 2.93 bits per heavy atom. The zero-order valence-electron chi connectivity index (χ0n) is 8.57. The predicted molar refractivity (Wildman–Crippen MR) is 59.4 cm³/mol. The number of pyridine rings is 1. The van der Waals surface area contributed by atoms with E-state index in [-0.39, 0.29) is 6.04 Å². The number of imidazole rings is 1. The van der Waals surface area contributed by atoms with Gasteiger partial charge in [0.25, 0.3) is 0 Å². The first-order chi connectivity index (χ1) is 7.15. The number of nitrogens with two attached hydrogens (primary N) is 1. The Kier molecular flexibility index (Phi) is 2.54. The highest BCUT2D eigenvalue weighted by Crippen LogP contribution is 2.28. The van der Waals surface area contributed by atoms with Gasteiger partial charge in [0.15, 0.2) is 5.15 Å². The van der Waals surface area contributed by atoms with Crippen molar-refractivity contribution in [1.29, 1.82) is 0 Å². The number of fused-ring (bicyclic) bond motifs is 1. The largest absolute Gasteiger partial charge is 0.494 e. The minimum atomic E-state index is -0.169. The van der Waals surface area contributed by atoms with Crippen LogP contribution in [0.25, 0.3) is 5.52 Å². The molecule has 2 rings (SSSR count). The third-order valence-corrected chi connectivity index (χ3v) is 2.50. The molecule has 0 aliphatic heterocycles. The molecular formula is C10H12ClN3O. The third kappa shape index (κ3) is 1.56. The van der Waals surface area contributed by atoms with Crippen LogP contribution in [0.3, 0.4) is 0 Å². The topological polar surface area (TPSA) is 52.5 Å². The summed E-state index contributed by atoms with van der Waals surface area (Å²) in [4.78, 5) is 4.22. The molecule has 0 bridgehead atoms. The fourth-order valence-corrected chi connectivity index (χ4v) is 1.84. The third-order valence-electron chi connectivity index (χ3n) is 2.24. The van der Waals surface area contributed by atoms with Crippen molar-refractivity contribution in [2.75, 3.05) is 7.11 Å². The van der Waals surface area contributed by atoms with Crippen molar-refractivity contribution >= 4 is 17.1 Å². The molecule has 5 heteroatoms. The summed E-state index contributed by atoms with van der Waals surface area (Å²) in [6.07, 6.45) is 1.87. The lowest BCUT2D eigenvalue weighted by Gasteiger charge is -2.06. The quantitative estimate of drug-likeness (QED) is 0.851. The molecule has 80 valence electrons. The Bertz CT molecular complexity index is 493. The number of hydrogen-bond donors (Lipinski definition) is 1. The van der Waals surface area contributed by atoms with Crippen LogP contribution in [0.4, 0.5) is 0 Å². The predicted octanol–water partition coefficient (Wildman–Crippen LogP) is 2.02. The van der Waals surface area contributed by atoms with Crippen molar-refractivity contribution in [3.63, 3.8) is 0 Å². The Morgan fingerprint density at radius 2 is 2.33 bits per heavy atom.